The number of hydrogen-bond donors (Lipinski definition) is 0. The van der Waals surface area contributed by atoms with Crippen LogP contribution >= 0.6 is 0 Å². The molecule has 2 amide bonds. The van der Waals surface area contributed by atoms with Crippen molar-refractivity contribution < 1.29 is 19.1 Å². The van der Waals surface area contributed by atoms with Crippen LogP contribution in [0.5, 0.6) is 5.75 Å². The summed E-state index contributed by atoms with van der Waals surface area (Å²) in [6.07, 6.45) is 1.73. The van der Waals surface area contributed by atoms with Crippen LogP contribution in [-0.4, -0.2) is 92.1 Å². The van der Waals surface area contributed by atoms with Crippen molar-refractivity contribution in [3.8, 4) is 5.75 Å². The van der Waals surface area contributed by atoms with Crippen LogP contribution < -0.4 is 4.74 Å². The predicted molar refractivity (Wildman–Crippen MR) is 106 cm³/mol. The summed E-state index contributed by atoms with van der Waals surface area (Å²) < 4.78 is 10.8. The maximum atomic E-state index is 12.7. The number of carbonyl (C=O) groups is 2. The number of carbonyl (C=O) groups excluding carboxylic acids is 2. The molecule has 1 aromatic rings. The largest absolute Gasteiger partial charge is 0.484 e. The van der Waals surface area contributed by atoms with E-state index in [4.69, 9.17) is 9.47 Å². The Kier molecular flexibility index (Phi) is 7.28. The van der Waals surface area contributed by atoms with Crippen LogP contribution in [0.25, 0.3) is 0 Å². The van der Waals surface area contributed by atoms with Gasteiger partial charge in [-0.1, -0.05) is 12.1 Å². The van der Waals surface area contributed by atoms with Gasteiger partial charge in [0, 0.05) is 46.4 Å². The van der Waals surface area contributed by atoms with Crippen molar-refractivity contribution in [1.29, 1.82) is 0 Å². The van der Waals surface area contributed by atoms with Gasteiger partial charge in [-0.3, -0.25) is 14.5 Å². The average molecular weight is 389 g/mol. The summed E-state index contributed by atoms with van der Waals surface area (Å²) in [5, 5.41) is 0. The second-order valence-corrected chi connectivity index (χ2v) is 7.50. The molecule has 0 bridgehead atoms. The van der Waals surface area contributed by atoms with Crippen molar-refractivity contribution in [2.75, 3.05) is 59.6 Å². The Bertz CT molecular complexity index is 681. The SMILES string of the molecule is COCCN1CCC(N2CCCN(C(=O)COc3cccc(C)c3)CC2)C1=O. The summed E-state index contributed by atoms with van der Waals surface area (Å²) >= 11 is 0. The lowest BCUT2D eigenvalue weighted by atomic mass is 10.2. The fourth-order valence-electron chi connectivity index (χ4n) is 3.92. The summed E-state index contributed by atoms with van der Waals surface area (Å²) in [5.74, 6) is 0.917. The van der Waals surface area contributed by atoms with Crippen molar-refractivity contribution >= 4 is 11.8 Å². The highest BCUT2D eigenvalue weighted by molar-refractivity contribution is 5.84. The van der Waals surface area contributed by atoms with Gasteiger partial charge in [-0.25, -0.2) is 0 Å². The van der Waals surface area contributed by atoms with Crippen LogP contribution in [0.4, 0.5) is 0 Å². The third-order valence-electron chi connectivity index (χ3n) is 5.51. The Hall–Kier alpha value is -2.12. The van der Waals surface area contributed by atoms with Gasteiger partial charge in [0.25, 0.3) is 5.91 Å². The smallest absolute Gasteiger partial charge is 0.260 e. The minimum Gasteiger partial charge on any atom is -0.484 e. The first-order valence-corrected chi connectivity index (χ1v) is 10.1. The van der Waals surface area contributed by atoms with E-state index >= 15 is 0 Å². The molecular formula is C21H31N3O4. The summed E-state index contributed by atoms with van der Waals surface area (Å²) in [6.45, 7) is 6.98. The molecule has 2 aliphatic heterocycles. The number of aryl methyl sites for hydroxylation is 1. The summed E-state index contributed by atoms with van der Waals surface area (Å²) in [5.41, 5.74) is 1.11. The highest BCUT2D eigenvalue weighted by Gasteiger charge is 2.36. The van der Waals surface area contributed by atoms with Gasteiger partial charge in [-0.2, -0.15) is 0 Å². The maximum absolute atomic E-state index is 12.7. The molecule has 0 N–H and O–H groups in total. The first-order chi connectivity index (χ1) is 13.6. The van der Waals surface area contributed by atoms with Crippen LogP contribution in [0.3, 0.4) is 0 Å². The molecule has 28 heavy (non-hydrogen) atoms. The third-order valence-corrected chi connectivity index (χ3v) is 5.51. The lowest BCUT2D eigenvalue weighted by molar-refractivity contribution is -0.133. The van der Waals surface area contributed by atoms with Gasteiger partial charge in [-0.15, -0.1) is 0 Å². The molecule has 0 aromatic heterocycles. The maximum Gasteiger partial charge on any atom is 0.260 e. The third kappa shape index (κ3) is 5.23. The second kappa shape index (κ2) is 9.89. The quantitative estimate of drug-likeness (QED) is 0.700. The lowest BCUT2D eigenvalue weighted by Crippen LogP contribution is -2.44. The molecule has 0 aliphatic carbocycles. The van der Waals surface area contributed by atoms with Crippen LogP contribution in [0.2, 0.25) is 0 Å². The number of hydrogen-bond acceptors (Lipinski definition) is 5. The van der Waals surface area contributed by atoms with Gasteiger partial charge in [-0.05, 0) is 37.5 Å². The number of nitrogens with zero attached hydrogens (tertiary/aromatic N) is 3. The number of benzene rings is 1. The fraction of sp³-hybridized carbons (Fsp3) is 0.619. The molecule has 7 nitrogen and oxygen atoms in total. The topological polar surface area (TPSA) is 62.3 Å². The molecule has 2 heterocycles. The van der Waals surface area contributed by atoms with E-state index in [1.807, 2.05) is 41.0 Å². The predicted octanol–water partition coefficient (Wildman–Crippen LogP) is 1.16. The number of likely N-dealkylation sites (tertiary alicyclic amines) is 1. The minimum atomic E-state index is -0.0598. The van der Waals surface area contributed by atoms with Gasteiger partial charge in [0.1, 0.15) is 5.75 Å². The average Bonchev–Trinajstić information content (AvgIpc) is 2.90. The zero-order valence-corrected chi connectivity index (χ0v) is 16.9. The van der Waals surface area contributed by atoms with Crippen LogP contribution in [0, 0.1) is 6.92 Å². The Morgan fingerprint density at radius 2 is 2.04 bits per heavy atom. The summed E-state index contributed by atoms with van der Waals surface area (Å²) in [6, 6.07) is 7.66. The molecule has 154 valence electrons. The minimum absolute atomic E-state index is 0.00262. The van der Waals surface area contributed by atoms with Crippen LogP contribution in [0.1, 0.15) is 18.4 Å². The Morgan fingerprint density at radius 3 is 2.82 bits per heavy atom. The number of rotatable bonds is 7. The van der Waals surface area contributed by atoms with Crippen molar-refractivity contribution in [1.82, 2.24) is 14.7 Å². The number of methoxy groups -OCH3 is 1. The van der Waals surface area contributed by atoms with Crippen LogP contribution in [0.15, 0.2) is 24.3 Å². The van der Waals surface area contributed by atoms with Crippen molar-refractivity contribution in [3.63, 3.8) is 0 Å². The lowest BCUT2D eigenvalue weighted by Gasteiger charge is -2.26. The molecule has 0 spiro atoms. The molecule has 2 fully saturated rings. The van der Waals surface area contributed by atoms with E-state index in [0.29, 0.717) is 26.2 Å². The van der Waals surface area contributed by atoms with E-state index in [1.54, 1.807) is 7.11 Å². The Morgan fingerprint density at radius 1 is 1.18 bits per heavy atom. The first kappa shape index (κ1) is 20.6. The van der Waals surface area contributed by atoms with Gasteiger partial charge >= 0.3 is 0 Å². The van der Waals surface area contributed by atoms with Gasteiger partial charge in [0.15, 0.2) is 6.61 Å². The molecule has 2 saturated heterocycles. The second-order valence-electron chi connectivity index (χ2n) is 7.50. The Balaban J connectivity index is 1.48. The van der Waals surface area contributed by atoms with E-state index < -0.39 is 0 Å². The Labute approximate surface area is 167 Å². The van der Waals surface area contributed by atoms with Gasteiger partial charge in [0.05, 0.1) is 12.6 Å². The molecule has 1 aromatic carbocycles. The zero-order chi connectivity index (χ0) is 19.9. The summed E-state index contributed by atoms with van der Waals surface area (Å²) in [4.78, 5) is 31.2. The van der Waals surface area contributed by atoms with Crippen molar-refractivity contribution in [2.24, 2.45) is 0 Å². The van der Waals surface area contributed by atoms with E-state index in [9.17, 15) is 9.59 Å². The molecule has 0 radical (unpaired) electrons. The normalized spacial score (nSPS) is 21.1. The molecule has 7 heteroatoms. The molecule has 3 rings (SSSR count). The van der Waals surface area contributed by atoms with Gasteiger partial charge < -0.3 is 19.3 Å². The molecule has 1 unspecified atom stereocenters. The molecule has 2 aliphatic rings. The fourth-order valence-corrected chi connectivity index (χ4v) is 3.92. The van der Waals surface area contributed by atoms with E-state index in [0.717, 1.165) is 43.8 Å². The molecule has 0 saturated carbocycles. The van der Waals surface area contributed by atoms with E-state index in [2.05, 4.69) is 4.90 Å². The number of ether oxygens (including phenoxy) is 2. The number of amides is 2. The zero-order valence-electron chi connectivity index (χ0n) is 16.9. The highest BCUT2D eigenvalue weighted by atomic mass is 16.5. The van der Waals surface area contributed by atoms with Crippen molar-refractivity contribution in [2.45, 2.75) is 25.8 Å². The van der Waals surface area contributed by atoms with Gasteiger partial charge in [0.2, 0.25) is 5.91 Å². The van der Waals surface area contributed by atoms with E-state index in [1.165, 1.54) is 0 Å². The van der Waals surface area contributed by atoms with Crippen LogP contribution in [-0.2, 0) is 14.3 Å². The highest BCUT2D eigenvalue weighted by Crippen LogP contribution is 2.19. The molecule has 1 atom stereocenters. The van der Waals surface area contributed by atoms with Crippen molar-refractivity contribution in [3.05, 3.63) is 29.8 Å². The summed E-state index contributed by atoms with van der Waals surface area (Å²) in [7, 11) is 1.65. The molecular weight excluding hydrogens is 358 g/mol. The monoisotopic (exact) mass is 389 g/mol. The van der Waals surface area contributed by atoms with E-state index in [-0.39, 0.29) is 24.5 Å². The standard InChI is InChI=1S/C21H31N3O4/c1-17-5-3-6-18(15-17)28-16-20(25)23-9-4-8-22(11-12-23)19-7-10-24(21(19)26)13-14-27-2/h3,5-6,15,19H,4,7-14,16H2,1-2H3. The first-order valence-electron chi connectivity index (χ1n) is 10.1.